The van der Waals surface area contributed by atoms with Crippen LogP contribution in [0, 0.1) is 5.92 Å². The summed E-state index contributed by atoms with van der Waals surface area (Å²) in [6, 6.07) is 10.7. The third kappa shape index (κ3) is 4.65. The van der Waals surface area contributed by atoms with Crippen molar-refractivity contribution >= 4 is 33.3 Å². The lowest BCUT2D eigenvalue weighted by Gasteiger charge is -2.32. The quantitative estimate of drug-likeness (QED) is 0.590. The molecule has 164 valence electrons. The van der Waals surface area contributed by atoms with Crippen LogP contribution in [0.4, 0.5) is 19.0 Å². The highest BCUT2D eigenvalue weighted by Crippen LogP contribution is 2.29. The van der Waals surface area contributed by atoms with Crippen molar-refractivity contribution in [2.24, 2.45) is 5.92 Å². The molecular formula is C20H20BrF3N6O. The van der Waals surface area contributed by atoms with E-state index in [0.717, 1.165) is 10.0 Å². The van der Waals surface area contributed by atoms with E-state index >= 15 is 0 Å². The second-order valence-corrected chi connectivity index (χ2v) is 8.45. The number of aromatic nitrogens is 4. The Bertz CT molecular complexity index is 1090. The van der Waals surface area contributed by atoms with Gasteiger partial charge in [-0.2, -0.15) is 17.7 Å². The summed E-state index contributed by atoms with van der Waals surface area (Å²) in [5.74, 6) is -0.928. The molecule has 0 saturated carbocycles. The van der Waals surface area contributed by atoms with Gasteiger partial charge in [0.1, 0.15) is 5.82 Å². The lowest BCUT2D eigenvalue weighted by atomic mass is 9.95. The molecule has 1 aliphatic rings. The van der Waals surface area contributed by atoms with Crippen molar-refractivity contribution in [3.05, 3.63) is 52.3 Å². The van der Waals surface area contributed by atoms with Crippen LogP contribution in [-0.2, 0) is 11.0 Å². The molecular weight excluding hydrogens is 477 g/mol. The third-order valence-corrected chi connectivity index (χ3v) is 5.89. The Balaban J connectivity index is 1.40. The zero-order valence-corrected chi connectivity index (χ0v) is 18.2. The van der Waals surface area contributed by atoms with E-state index in [0.29, 0.717) is 36.3 Å². The van der Waals surface area contributed by atoms with Crippen LogP contribution in [0.1, 0.15) is 37.2 Å². The highest BCUT2D eigenvalue weighted by molar-refractivity contribution is 9.10. The lowest BCUT2D eigenvalue weighted by Crippen LogP contribution is -2.41. The molecule has 1 aromatic carbocycles. The Hall–Kier alpha value is -2.69. The molecule has 1 N–H and O–H groups in total. The van der Waals surface area contributed by atoms with E-state index in [-0.39, 0.29) is 23.5 Å². The molecule has 0 aliphatic carbocycles. The van der Waals surface area contributed by atoms with Crippen molar-refractivity contribution in [1.29, 1.82) is 0 Å². The van der Waals surface area contributed by atoms with Gasteiger partial charge >= 0.3 is 6.18 Å². The molecule has 7 nitrogen and oxygen atoms in total. The fourth-order valence-electron chi connectivity index (χ4n) is 3.69. The van der Waals surface area contributed by atoms with Crippen LogP contribution in [0.15, 0.2) is 40.9 Å². The minimum Gasteiger partial charge on any atom is -0.355 e. The summed E-state index contributed by atoms with van der Waals surface area (Å²) in [7, 11) is 0. The van der Waals surface area contributed by atoms with Crippen molar-refractivity contribution < 1.29 is 18.0 Å². The number of carbonyl (C=O) groups excluding carboxylic acids is 1. The number of nitrogens with one attached hydrogen (secondary N) is 1. The maximum absolute atomic E-state index is 13.1. The van der Waals surface area contributed by atoms with Gasteiger partial charge in [0.05, 0.1) is 6.04 Å². The van der Waals surface area contributed by atoms with Crippen LogP contribution < -0.4 is 10.2 Å². The van der Waals surface area contributed by atoms with Crippen molar-refractivity contribution in [3.8, 4) is 0 Å². The minimum absolute atomic E-state index is 0.0197. The zero-order valence-electron chi connectivity index (χ0n) is 16.6. The number of hydrogen-bond acceptors (Lipinski definition) is 5. The molecule has 1 fully saturated rings. The molecule has 4 rings (SSSR count). The molecule has 0 spiro atoms. The molecule has 3 aromatic rings. The maximum atomic E-state index is 13.1. The molecule has 0 radical (unpaired) electrons. The van der Waals surface area contributed by atoms with Gasteiger partial charge in [-0.05, 0) is 49.6 Å². The first-order valence-electron chi connectivity index (χ1n) is 9.83. The van der Waals surface area contributed by atoms with Gasteiger partial charge in [0, 0.05) is 23.5 Å². The first-order chi connectivity index (χ1) is 14.7. The summed E-state index contributed by atoms with van der Waals surface area (Å²) in [6.07, 6.45) is -3.46. The van der Waals surface area contributed by atoms with Crippen LogP contribution in [0.2, 0.25) is 0 Å². The van der Waals surface area contributed by atoms with E-state index in [1.165, 1.54) is 6.07 Å². The van der Waals surface area contributed by atoms with Crippen molar-refractivity contribution in [2.45, 2.75) is 32.0 Å². The van der Waals surface area contributed by atoms with Gasteiger partial charge in [0.2, 0.25) is 5.91 Å². The number of rotatable bonds is 4. The number of anilines is 1. The number of carbonyl (C=O) groups is 1. The average Bonchev–Trinajstić information content (AvgIpc) is 3.17. The summed E-state index contributed by atoms with van der Waals surface area (Å²) in [5, 5.41) is 13.9. The normalized spacial score (nSPS) is 16.5. The number of piperidine rings is 1. The molecule has 1 aliphatic heterocycles. The molecule has 31 heavy (non-hydrogen) atoms. The van der Waals surface area contributed by atoms with E-state index in [1.807, 2.05) is 36.1 Å². The SMILES string of the molecule is CC(NC(=O)C1CCN(c2ccc3nnc(C(F)(F)F)n3n2)CC1)c1cccc(Br)c1. The number of amides is 1. The number of halogens is 4. The van der Waals surface area contributed by atoms with Gasteiger partial charge in [-0.1, -0.05) is 28.1 Å². The monoisotopic (exact) mass is 496 g/mol. The van der Waals surface area contributed by atoms with Crippen molar-refractivity contribution in [2.75, 3.05) is 18.0 Å². The maximum Gasteiger partial charge on any atom is 0.453 e. The van der Waals surface area contributed by atoms with Gasteiger partial charge < -0.3 is 10.2 Å². The van der Waals surface area contributed by atoms with Crippen LogP contribution in [0.25, 0.3) is 5.65 Å². The lowest BCUT2D eigenvalue weighted by molar-refractivity contribution is -0.146. The van der Waals surface area contributed by atoms with Crippen LogP contribution in [0.3, 0.4) is 0 Å². The van der Waals surface area contributed by atoms with E-state index in [4.69, 9.17) is 0 Å². The van der Waals surface area contributed by atoms with E-state index < -0.39 is 12.0 Å². The largest absolute Gasteiger partial charge is 0.453 e. The van der Waals surface area contributed by atoms with Crippen LogP contribution >= 0.6 is 15.9 Å². The average molecular weight is 497 g/mol. The summed E-state index contributed by atoms with van der Waals surface area (Å²) < 4.78 is 40.9. The van der Waals surface area contributed by atoms with E-state index in [2.05, 4.69) is 36.5 Å². The summed E-state index contributed by atoms with van der Waals surface area (Å²) in [5.41, 5.74) is 1.04. The standard InChI is InChI=1S/C20H20BrF3N6O/c1-12(14-3-2-4-15(21)11-14)25-18(31)13-7-9-29(10-8-13)17-6-5-16-26-27-19(20(22,23)24)30(16)28-17/h2-6,11-13H,7-10H2,1H3,(H,25,31). The van der Waals surface area contributed by atoms with Crippen molar-refractivity contribution in [3.63, 3.8) is 0 Å². The summed E-state index contributed by atoms with van der Waals surface area (Å²) >= 11 is 3.43. The summed E-state index contributed by atoms with van der Waals surface area (Å²) in [6.45, 7) is 2.97. The number of benzene rings is 1. The number of hydrogen-bond donors (Lipinski definition) is 1. The minimum atomic E-state index is -4.64. The Morgan fingerprint density at radius 3 is 2.61 bits per heavy atom. The zero-order chi connectivity index (χ0) is 22.2. The highest BCUT2D eigenvalue weighted by atomic mass is 79.9. The van der Waals surface area contributed by atoms with Crippen LogP contribution in [0.5, 0.6) is 0 Å². The number of alkyl halides is 3. The molecule has 1 atom stereocenters. The third-order valence-electron chi connectivity index (χ3n) is 5.40. The van der Waals surface area contributed by atoms with Crippen molar-refractivity contribution in [1.82, 2.24) is 25.1 Å². The predicted molar refractivity (Wildman–Crippen MR) is 111 cm³/mol. The Morgan fingerprint density at radius 2 is 1.94 bits per heavy atom. The molecule has 1 saturated heterocycles. The molecule has 2 aromatic heterocycles. The molecule has 11 heteroatoms. The highest BCUT2D eigenvalue weighted by Gasteiger charge is 2.38. The Kier molecular flexibility index (Phi) is 5.87. The van der Waals surface area contributed by atoms with E-state index in [9.17, 15) is 18.0 Å². The topological polar surface area (TPSA) is 75.4 Å². The van der Waals surface area contributed by atoms with Gasteiger partial charge in [-0.3, -0.25) is 4.79 Å². The fourth-order valence-corrected chi connectivity index (χ4v) is 4.10. The first-order valence-corrected chi connectivity index (χ1v) is 10.6. The fraction of sp³-hybridized carbons (Fsp3) is 0.400. The van der Waals surface area contributed by atoms with Crippen LogP contribution in [-0.4, -0.2) is 38.8 Å². The van der Waals surface area contributed by atoms with Gasteiger partial charge in [-0.15, -0.1) is 15.3 Å². The molecule has 1 amide bonds. The van der Waals surface area contributed by atoms with Gasteiger partial charge in [0.15, 0.2) is 5.65 Å². The summed E-state index contributed by atoms with van der Waals surface area (Å²) in [4.78, 5) is 14.6. The second-order valence-electron chi connectivity index (χ2n) is 7.53. The van der Waals surface area contributed by atoms with Gasteiger partial charge in [-0.25, -0.2) is 0 Å². The van der Waals surface area contributed by atoms with Gasteiger partial charge in [0.25, 0.3) is 5.82 Å². The Morgan fingerprint density at radius 1 is 1.19 bits per heavy atom. The molecule has 3 heterocycles. The smallest absolute Gasteiger partial charge is 0.355 e. The Labute approximate surface area is 184 Å². The second kappa shape index (κ2) is 8.45. The number of fused-ring (bicyclic) bond motifs is 1. The van der Waals surface area contributed by atoms with E-state index in [1.54, 1.807) is 6.07 Å². The molecule has 1 unspecified atom stereocenters. The molecule has 0 bridgehead atoms. The number of nitrogens with zero attached hydrogens (tertiary/aromatic N) is 5. The predicted octanol–water partition coefficient (Wildman–Crippen LogP) is 4.00. The first kappa shape index (κ1) is 21.5.